The first-order valence-corrected chi connectivity index (χ1v) is 11.3. The number of aromatic nitrogens is 2. The Balaban J connectivity index is -0.000000565. The van der Waals surface area contributed by atoms with Gasteiger partial charge >= 0.3 is 19.5 Å². The number of carbonyl (C=O) groups is 2. The van der Waals surface area contributed by atoms with Crippen molar-refractivity contribution in [3.63, 3.8) is 0 Å². The fourth-order valence-electron chi connectivity index (χ4n) is 2.73. The summed E-state index contributed by atoms with van der Waals surface area (Å²) in [6.07, 6.45) is 3.42. The molecule has 17 heteroatoms. The molecule has 0 unspecified atom stereocenters. The fourth-order valence-corrected chi connectivity index (χ4v) is 2.73. The van der Waals surface area contributed by atoms with Gasteiger partial charge in [0.1, 0.15) is 0 Å². The van der Waals surface area contributed by atoms with Gasteiger partial charge in [-0.25, -0.2) is 0 Å². The molecule has 0 aliphatic rings. The number of amides is 2. The molecular weight excluding hydrogens is 622 g/mol. The predicted molar refractivity (Wildman–Crippen MR) is 154 cm³/mol. The van der Waals surface area contributed by atoms with E-state index in [0.717, 1.165) is 11.4 Å². The number of rotatable bonds is 6. The molecule has 0 atom stereocenters. The van der Waals surface area contributed by atoms with Crippen LogP contribution in [0.3, 0.4) is 0 Å². The third-order valence-electron chi connectivity index (χ3n) is 4.38. The molecule has 4 rings (SSSR count). The summed E-state index contributed by atoms with van der Waals surface area (Å²) in [6.45, 7) is 0.906. The average molecular weight is 652 g/mol. The summed E-state index contributed by atoms with van der Waals surface area (Å²) in [6, 6.07) is 29.5. The molecule has 43 heavy (non-hydrogen) atoms. The van der Waals surface area contributed by atoms with Crippen LogP contribution in [0.5, 0.6) is 0 Å². The van der Waals surface area contributed by atoms with Crippen molar-refractivity contribution in [1.82, 2.24) is 20.6 Å². The van der Waals surface area contributed by atoms with Crippen molar-refractivity contribution < 1.29 is 50.2 Å². The van der Waals surface area contributed by atoms with E-state index in [-0.39, 0.29) is 42.2 Å². The molecule has 0 bridgehead atoms. The quantitative estimate of drug-likeness (QED) is 0.132. The summed E-state index contributed by atoms with van der Waals surface area (Å²) >= 11 is 0. The Hall–Kier alpha value is -5.38. The second-order valence-electron chi connectivity index (χ2n) is 7.19. The number of nitrogens with one attached hydrogen (secondary N) is 2. The molecule has 0 spiro atoms. The van der Waals surface area contributed by atoms with Crippen molar-refractivity contribution in [2.75, 3.05) is 0 Å². The normalized spacial score (nSPS) is 8.37. The summed E-state index contributed by atoms with van der Waals surface area (Å²) in [5.74, 6) is -0.155. The minimum atomic E-state index is -1.75. The predicted octanol–water partition coefficient (Wildman–Crippen LogP) is 1.70. The Morgan fingerprint density at radius 1 is 0.558 bits per heavy atom. The van der Waals surface area contributed by atoms with Crippen LogP contribution in [0.15, 0.2) is 109 Å². The molecule has 16 nitrogen and oxygen atoms in total. The maximum absolute atomic E-state index is 11.7. The summed E-state index contributed by atoms with van der Waals surface area (Å²) in [5, 5.41) is 35.1. The van der Waals surface area contributed by atoms with Gasteiger partial charge in [0, 0.05) is 23.5 Å². The van der Waals surface area contributed by atoms with Crippen LogP contribution in [0.1, 0.15) is 32.1 Å². The molecule has 0 radical (unpaired) electrons. The minimum absolute atomic E-state index is 0. The van der Waals surface area contributed by atoms with Crippen LogP contribution in [0, 0.1) is 30.6 Å². The fraction of sp³-hybridized carbons (Fsp3) is 0.0769. The van der Waals surface area contributed by atoms with E-state index in [1.54, 1.807) is 36.7 Å². The van der Waals surface area contributed by atoms with Crippen molar-refractivity contribution in [2.45, 2.75) is 13.1 Å². The van der Waals surface area contributed by atoms with Crippen molar-refractivity contribution in [1.29, 1.82) is 0 Å². The van der Waals surface area contributed by atoms with Crippen LogP contribution in [-0.2, 0) is 43.5 Å². The van der Waals surface area contributed by atoms with Gasteiger partial charge in [0.2, 0.25) is 0 Å². The average Bonchev–Trinajstić information content (AvgIpc) is 2.96. The molecule has 2 aromatic heterocycles. The smallest absolute Gasteiger partial charge is 0.457 e. The Labute approximate surface area is 258 Å². The molecule has 0 saturated carbocycles. The minimum Gasteiger partial charge on any atom is -0.457 e. The van der Waals surface area contributed by atoms with E-state index in [1.165, 1.54) is 0 Å². The number of pyridine rings is 2. The first-order valence-electron chi connectivity index (χ1n) is 11.3. The van der Waals surface area contributed by atoms with Gasteiger partial charge in [0.15, 0.2) is 0 Å². The van der Waals surface area contributed by atoms with E-state index in [4.69, 9.17) is 30.6 Å². The van der Waals surface area contributed by atoms with Gasteiger partial charge in [0.25, 0.3) is 11.8 Å². The molecule has 0 aliphatic heterocycles. The molecule has 2 amide bonds. The van der Waals surface area contributed by atoms with Gasteiger partial charge in [-0.1, -0.05) is 48.5 Å². The summed E-state index contributed by atoms with van der Waals surface area (Å²) in [4.78, 5) is 48.1. The van der Waals surface area contributed by atoms with Crippen molar-refractivity contribution in [2.24, 2.45) is 0 Å². The van der Waals surface area contributed by atoms with Crippen molar-refractivity contribution in [3.05, 3.63) is 163 Å². The van der Waals surface area contributed by atoms with Crippen molar-refractivity contribution in [3.8, 4) is 0 Å². The molecule has 2 aromatic carbocycles. The van der Waals surface area contributed by atoms with Gasteiger partial charge in [-0.15, -0.1) is 0 Å². The zero-order chi connectivity index (χ0) is 29.6. The number of hydrogen-bond donors (Lipinski definition) is 2. The zero-order valence-corrected chi connectivity index (χ0v) is 25.7. The summed E-state index contributed by atoms with van der Waals surface area (Å²) in [7, 11) is 0. The van der Waals surface area contributed by atoms with Gasteiger partial charge in [-0.3, -0.25) is 19.6 Å². The molecule has 4 aromatic rings. The van der Waals surface area contributed by atoms with Gasteiger partial charge < -0.3 is 52.2 Å². The van der Waals surface area contributed by atoms with Crippen LogP contribution >= 0.6 is 0 Å². The summed E-state index contributed by atoms with van der Waals surface area (Å²) < 4.78 is 0. The zero-order valence-electron chi connectivity index (χ0n) is 22.7. The maximum Gasteiger partial charge on any atom is 2.00 e. The molecule has 8 N–H and O–H groups in total. The third kappa shape index (κ3) is 22.0. The third-order valence-corrected chi connectivity index (χ3v) is 4.38. The van der Waals surface area contributed by atoms with Crippen molar-refractivity contribution >= 4 is 11.8 Å². The van der Waals surface area contributed by atoms with E-state index in [2.05, 4.69) is 20.6 Å². The summed E-state index contributed by atoms with van der Waals surface area (Å²) in [5.41, 5.74) is 3.04. The number of carbonyl (C=O) groups excluding carboxylic acids is 2. The van der Waals surface area contributed by atoms with Crippen LogP contribution in [0.4, 0.5) is 0 Å². The van der Waals surface area contributed by atoms with Crippen LogP contribution in [-0.4, -0.2) is 32.0 Å². The van der Waals surface area contributed by atoms with Gasteiger partial charge in [0.05, 0.1) is 34.7 Å². The van der Waals surface area contributed by atoms with E-state index < -0.39 is 10.2 Å². The first-order chi connectivity index (χ1) is 19.2. The van der Waals surface area contributed by atoms with Crippen LogP contribution < -0.4 is 10.6 Å². The van der Waals surface area contributed by atoms with Crippen LogP contribution in [0.2, 0.25) is 0 Å². The number of benzene rings is 2. The van der Waals surface area contributed by atoms with E-state index in [1.807, 2.05) is 72.8 Å². The Bertz CT molecular complexity index is 1200. The van der Waals surface area contributed by atoms with Gasteiger partial charge in [-0.2, -0.15) is 0 Å². The maximum atomic E-state index is 11.7. The molecule has 0 saturated heterocycles. The Morgan fingerprint density at radius 3 is 1.09 bits per heavy atom. The topological polar surface area (TPSA) is 282 Å². The van der Waals surface area contributed by atoms with E-state index in [0.29, 0.717) is 24.2 Å². The number of hydrogen-bond acceptors (Lipinski definition) is 10. The molecular formula is C26H30N6O10Zn+2. The van der Waals surface area contributed by atoms with E-state index >= 15 is 0 Å². The Kier molecular flexibility index (Phi) is 25.0. The largest absolute Gasteiger partial charge is 2.00 e. The SMILES string of the molecule is O=C(NCc1ccccn1)c1ccccc1.O=C(NCc1ccccn1)c1ccccc1.O=[N+]([O-])[O-].O=[N+]([O-])[O-].[OH3+].[OH3+].[Zn+2]. The van der Waals surface area contributed by atoms with Crippen LogP contribution in [0.25, 0.3) is 0 Å². The second kappa shape index (κ2) is 25.6. The molecule has 0 aliphatic carbocycles. The first kappa shape index (κ1) is 42.1. The molecule has 0 fully saturated rings. The monoisotopic (exact) mass is 650 g/mol. The molecule has 2 heterocycles. The standard InChI is InChI=1S/2C13H12N2O.2NO3.2H2O.Zn/c2*16-13(11-6-2-1-3-7-11)15-10-12-8-4-5-9-14-12;2*2-1(3)4;;;/h2*1-9H,10H2,(H,15,16);;;2*1H2;/q;;2*-1;;;+2/p+2. The molecule has 224 valence electrons. The van der Waals surface area contributed by atoms with E-state index in [9.17, 15) is 9.59 Å². The van der Waals surface area contributed by atoms with Gasteiger partial charge in [-0.05, 0) is 48.5 Å². The Morgan fingerprint density at radius 2 is 0.837 bits per heavy atom. The number of nitrogens with zero attached hydrogens (tertiary/aromatic N) is 4. The second-order valence-corrected chi connectivity index (χ2v) is 7.19.